The number of rotatable bonds is 5. The lowest BCUT2D eigenvalue weighted by atomic mass is 10.0. The van der Waals surface area contributed by atoms with Crippen molar-refractivity contribution in [3.63, 3.8) is 0 Å². The summed E-state index contributed by atoms with van der Waals surface area (Å²) in [6, 6.07) is 7.97. The Hall–Kier alpha value is -1.06. The highest BCUT2D eigenvalue weighted by molar-refractivity contribution is 5.32. The molecule has 0 saturated heterocycles. The van der Waals surface area contributed by atoms with E-state index in [1.54, 1.807) is 7.11 Å². The van der Waals surface area contributed by atoms with E-state index < -0.39 is 5.60 Å². The van der Waals surface area contributed by atoms with Crippen molar-refractivity contribution in [1.29, 1.82) is 0 Å². The number of methoxy groups -OCH3 is 1. The van der Waals surface area contributed by atoms with Gasteiger partial charge in [-0.2, -0.15) is 0 Å². The van der Waals surface area contributed by atoms with Crippen molar-refractivity contribution in [2.45, 2.75) is 37.8 Å². The average molecular weight is 235 g/mol. The van der Waals surface area contributed by atoms with Gasteiger partial charge in [-0.15, -0.1) is 0 Å². The van der Waals surface area contributed by atoms with Gasteiger partial charge in [0.25, 0.3) is 0 Å². The van der Waals surface area contributed by atoms with Crippen LogP contribution in [0.4, 0.5) is 0 Å². The Morgan fingerprint density at radius 1 is 1.29 bits per heavy atom. The summed E-state index contributed by atoms with van der Waals surface area (Å²) in [6.07, 6.45) is 4.14. The number of hydrogen-bond donors (Lipinski definition) is 2. The van der Waals surface area contributed by atoms with Crippen LogP contribution in [0.5, 0.6) is 5.75 Å². The van der Waals surface area contributed by atoms with Crippen molar-refractivity contribution in [3.05, 3.63) is 29.8 Å². The molecule has 0 aromatic heterocycles. The highest BCUT2D eigenvalue weighted by atomic mass is 16.5. The molecule has 0 radical (unpaired) electrons. The Labute approximate surface area is 103 Å². The maximum atomic E-state index is 10.2. The summed E-state index contributed by atoms with van der Waals surface area (Å²) in [4.78, 5) is 0. The molecule has 0 heterocycles. The summed E-state index contributed by atoms with van der Waals surface area (Å²) in [5.41, 5.74) is 0.652. The normalized spacial score (nSPS) is 18.2. The fraction of sp³-hybridized carbons (Fsp3) is 0.571. The van der Waals surface area contributed by atoms with E-state index in [4.69, 9.17) is 4.74 Å². The monoisotopic (exact) mass is 235 g/mol. The molecule has 1 saturated carbocycles. The van der Waals surface area contributed by atoms with Crippen molar-refractivity contribution < 1.29 is 9.84 Å². The third kappa shape index (κ3) is 3.20. The summed E-state index contributed by atoms with van der Waals surface area (Å²) in [5.74, 6) is 0.901. The van der Waals surface area contributed by atoms with Gasteiger partial charge >= 0.3 is 0 Å². The van der Waals surface area contributed by atoms with Crippen LogP contribution in [0.1, 0.15) is 31.2 Å². The lowest BCUT2D eigenvalue weighted by Crippen LogP contribution is -2.37. The van der Waals surface area contributed by atoms with E-state index in [1.807, 2.05) is 24.3 Å². The predicted molar refractivity (Wildman–Crippen MR) is 68.1 cm³/mol. The summed E-state index contributed by atoms with van der Waals surface area (Å²) in [5, 5.41) is 13.5. The van der Waals surface area contributed by atoms with Gasteiger partial charge in [0, 0.05) is 18.7 Å². The van der Waals surface area contributed by atoms with Crippen LogP contribution in [0.25, 0.3) is 0 Å². The molecule has 0 amide bonds. The number of nitrogens with one attached hydrogen (secondary N) is 1. The van der Waals surface area contributed by atoms with Gasteiger partial charge in [-0.05, 0) is 18.9 Å². The van der Waals surface area contributed by atoms with Crippen LogP contribution in [0.2, 0.25) is 0 Å². The molecule has 3 nitrogen and oxygen atoms in total. The molecule has 0 spiro atoms. The minimum atomic E-state index is -0.484. The van der Waals surface area contributed by atoms with Gasteiger partial charge in [-0.25, -0.2) is 0 Å². The van der Waals surface area contributed by atoms with Crippen LogP contribution < -0.4 is 10.1 Å². The van der Waals surface area contributed by atoms with E-state index in [9.17, 15) is 5.11 Å². The minimum Gasteiger partial charge on any atom is -0.496 e. The van der Waals surface area contributed by atoms with Gasteiger partial charge in [0.15, 0.2) is 0 Å². The van der Waals surface area contributed by atoms with E-state index in [0.717, 1.165) is 43.5 Å². The first-order chi connectivity index (χ1) is 8.23. The maximum absolute atomic E-state index is 10.2. The largest absolute Gasteiger partial charge is 0.496 e. The molecule has 0 bridgehead atoms. The summed E-state index contributed by atoms with van der Waals surface area (Å²) < 4.78 is 5.29. The third-order valence-electron chi connectivity index (χ3n) is 3.50. The molecule has 1 aromatic carbocycles. The molecular weight excluding hydrogens is 214 g/mol. The van der Waals surface area contributed by atoms with Crippen LogP contribution in [0, 0.1) is 0 Å². The fourth-order valence-electron chi connectivity index (χ4n) is 2.49. The smallest absolute Gasteiger partial charge is 0.123 e. The Balaban J connectivity index is 1.85. The summed E-state index contributed by atoms with van der Waals surface area (Å²) >= 11 is 0. The third-order valence-corrected chi connectivity index (χ3v) is 3.50. The zero-order chi connectivity index (χ0) is 12.1. The molecule has 0 unspecified atom stereocenters. The van der Waals surface area contributed by atoms with Crippen LogP contribution in [0.3, 0.4) is 0 Å². The van der Waals surface area contributed by atoms with Crippen LogP contribution in [0.15, 0.2) is 24.3 Å². The summed E-state index contributed by atoms with van der Waals surface area (Å²) in [7, 11) is 1.68. The standard InChI is InChI=1S/C14H21NO2/c1-17-13-7-3-2-6-12(13)10-15-11-14(16)8-4-5-9-14/h2-3,6-7,15-16H,4-5,8-11H2,1H3. The Morgan fingerprint density at radius 2 is 2.00 bits per heavy atom. The molecular formula is C14H21NO2. The van der Waals surface area contributed by atoms with Gasteiger partial charge in [0.1, 0.15) is 5.75 Å². The topological polar surface area (TPSA) is 41.5 Å². The van der Waals surface area contributed by atoms with Crippen molar-refractivity contribution in [1.82, 2.24) is 5.32 Å². The maximum Gasteiger partial charge on any atom is 0.123 e. The molecule has 2 N–H and O–H groups in total. The lowest BCUT2D eigenvalue weighted by molar-refractivity contribution is 0.0474. The predicted octanol–water partition coefficient (Wildman–Crippen LogP) is 2.09. The van der Waals surface area contributed by atoms with Gasteiger partial charge < -0.3 is 15.2 Å². The van der Waals surface area contributed by atoms with Gasteiger partial charge in [0.05, 0.1) is 12.7 Å². The molecule has 2 rings (SSSR count). The Bertz CT molecular complexity index is 359. The van der Waals surface area contributed by atoms with Gasteiger partial charge in [-0.1, -0.05) is 31.0 Å². The van der Waals surface area contributed by atoms with Gasteiger partial charge in [-0.3, -0.25) is 0 Å². The first kappa shape index (κ1) is 12.4. The van der Waals surface area contributed by atoms with Crippen LogP contribution >= 0.6 is 0 Å². The molecule has 3 heteroatoms. The van der Waals surface area contributed by atoms with E-state index in [2.05, 4.69) is 5.32 Å². The van der Waals surface area contributed by atoms with E-state index in [-0.39, 0.29) is 0 Å². The van der Waals surface area contributed by atoms with Crippen molar-refractivity contribution in [2.24, 2.45) is 0 Å². The zero-order valence-electron chi connectivity index (χ0n) is 10.4. The highest BCUT2D eigenvalue weighted by Crippen LogP contribution is 2.28. The highest BCUT2D eigenvalue weighted by Gasteiger charge is 2.30. The number of para-hydroxylation sites is 1. The Kier molecular flexibility index (Phi) is 4.02. The van der Waals surface area contributed by atoms with E-state index in [1.165, 1.54) is 0 Å². The van der Waals surface area contributed by atoms with Gasteiger partial charge in [0.2, 0.25) is 0 Å². The first-order valence-electron chi connectivity index (χ1n) is 6.28. The fourth-order valence-corrected chi connectivity index (χ4v) is 2.49. The molecule has 0 aliphatic heterocycles. The SMILES string of the molecule is COc1ccccc1CNCC1(O)CCCC1. The number of ether oxygens (including phenoxy) is 1. The van der Waals surface area contributed by atoms with Crippen molar-refractivity contribution in [2.75, 3.05) is 13.7 Å². The number of benzene rings is 1. The van der Waals surface area contributed by atoms with Crippen molar-refractivity contribution >= 4 is 0 Å². The number of hydrogen-bond acceptors (Lipinski definition) is 3. The van der Waals surface area contributed by atoms with Crippen molar-refractivity contribution in [3.8, 4) is 5.75 Å². The van der Waals surface area contributed by atoms with E-state index in [0.29, 0.717) is 6.54 Å². The second-order valence-electron chi connectivity index (χ2n) is 4.85. The minimum absolute atomic E-state index is 0.484. The quantitative estimate of drug-likeness (QED) is 0.821. The molecule has 1 aliphatic rings. The lowest BCUT2D eigenvalue weighted by Gasteiger charge is -2.22. The molecule has 1 aromatic rings. The average Bonchev–Trinajstić information content (AvgIpc) is 2.77. The molecule has 1 fully saturated rings. The molecule has 17 heavy (non-hydrogen) atoms. The molecule has 94 valence electrons. The van der Waals surface area contributed by atoms with Crippen LogP contribution in [-0.2, 0) is 6.54 Å². The summed E-state index contributed by atoms with van der Waals surface area (Å²) in [6.45, 7) is 1.41. The Morgan fingerprint density at radius 3 is 2.71 bits per heavy atom. The molecule has 0 atom stereocenters. The zero-order valence-corrected chi connectivity index (χ0v) is 10.4. The molecule has 1 aliphatic carbocycles. The van der Waals surface area contributed by atoms with E-state index >= 15 is 0 Å². The van der Waals surface area contributed by atoms with Crippen LogP contribution in [-0.4, -0.2) is 24.4 Å². The number of aliphatic hydroxyl groups is 1. The first-order valence-corrected chi connectivity index (χ1v) is 6.28. The second kappa shape index (κ2) is 5.52. The second-order valence-corrected chi connectivity index (χ2v) is 4.85.